The van der Waals surface area contributed by atoms with Crippen LogP contribution in [0, 0.1) is 0 Å². The van der Waals surface area contributed by atoms with Crippen molar-refractivity contribution in [2.75, 3.05) is 98.4 Å². The standard InChI is InChI=1S/C56H117N4O4P/c1-6-11-14-17-20-23-26-29-32-35-38-44-57(45-39-36-33-30-27-24-21-18-15-12-7-2)47-41-49-59-52-54-60(55-53-59)50-42-48-58(51-43-56-64-65(61,62-9-4)63-10-5)46-40-37-34-31-28-25-22-19-16-13-8-3/h6-56H2,1-5H3. The lowest BCUT2D eigenvalue weighted by molar-refractivity contribution is 0.112. The molecule has 0 aromatic rings. The van der Waals surface area contributed by atoms with Gasteiger partial charge < -0.3 is 19.6 Å². The van der Waals surface area contributed by atoms with Crippen molar-refractivity contribution in [2.24, 2.45) is 0 Å². The molecule has 0 aromatic heterocycles. The minimum atomic E-state index is -3.44. The molecular formula is C56H117N4O4P. The predicted octanol–water partition coefficient (Wildman–Crippen LogP) is 16.5. The van der Waals surface area contributed by atoms with E-state index in [1.165, 1.54) is 284 Å². The van der Waals surface area contributed by atoms with E-state index in [0.29, 0.717) is 19.8 Å². The summed E-state index contributed by atoms with van der Waals surface area (Å²) >= 11 is 0. The molecule has 9 heteroatoms. The van der Waals surface area contributed by atoms with E-state index >= 15 is 0 Å². The number of unbranched alkanes of at least 4 members (excludes halogenated alkanes) is 30. The Bertz CT molecular complexity index is 950. The van der Waals surface area contributed by atoms with Gasteiger partial charge in [0.1, 0.15) is 0 Å². The van der Waals surface area contributed by atoms with E-state index in [0.717, 1.165) is 26.1 Å². The second-order valence-corrected chi connectivity index (χ2v) is 21.8. The van der Waals surface area contributed by atoms with Crippen molar-refractivity contribution in [2.45, 2.75) is 266 Å². The van der Waals surface area contributed by atoms with Crippen molar-refractivity contribution >= 4 is 7.82 Å². The van der Waals surface area contributed by atoms with Crippen molar-refractivity contribution in [3.05, 3.63) is 0 Å². The van der Waals surface area contributed by atoms with Gasteiger partial charge in [-0.2, -0.15) is 0 Å². The van der Waals surface area contributed by atoms with Gasteiger partial charge in [-0.3, -0.25) is 13.6 Å². The Hall–Kier alpha value is -0.0500. The third-order valence-electron chi connectivity index (χ3n) is 14.0. The summed E-state index contributed by atoms with van der Waals surface area (Å²) in [6.45, 7) is 26.1. The van der Waals surface area contributed by atoms with Crippen molar-refractivity contribution in [1.29, 1.82) is 0 Å². The number of hydrogen-bond donors (Lipinski definition) is 0. The molecule has 0 unspecified atom stereocenters. The van der Waals surface area contributed by atoms with Gasteiger partial charge in [0.25, 0.3) is 0 Å². The van der Waals surface area contributed by atoms with E-state index in [4.69, 9.17) is 13.6 Å². The molecule has 1 aliphatic rings. The van der Waals surface area contributed by atoms with E-state index in [-0.39, 0.29) is 0 Å². The Morgan fingerprint density at radius 1 is 0.323 bits per heavy atom. The summed E-state index contributed by atoms with van der Waals surface area (Å²) in [6, 6.07) is 0. The normalized spacial score (nSPS) is 14.2. The number of piperazine rings is 1. The molecule has 0 aromatic carbocycles. The Kier molecular flexibility index (Phi) is 47.4. The molecule has 0 spiro atoms. The van der Waals surface area contributed by atoms with Crippen LogP contribution < -0.4 is 0 Å². The first-order chi connectivity index (χ1) is 32.0. The molecule has 0 N–H and O–H groups in total. The maximum atomic E-state index is 12.8. The van der Waals surface area contributed by atoms with Crippen LogP contribution in [0.5, 0.6) is 0 Å². The molecule has 0 radical (unpaired) electrons. The monoisotopic (exact) mass is 941 g/mol. The SMILES string of the molecule is CCCCCCCCCCCCCN(CCCCCCCCCCCCC)CCCN1CCN(CCCN(CCCCCCCCCCCCC)CCCOP(=O)(OCC)OCC)CC1. The summed E-state index contributed by atoms with van der Waals surface area (Å²) in [7, 11) is -3.44. The second kappa shape index (κ2) is 49.0. The highest BCUT2D eigenvalue weighted by molar-refractivity contribution is 7.48. The number of phosphoric acid groups is 1. The van der Waals surface area contributed by atoms with Gasteiger partial charge in [-0.05, 0) is 98.2 Å². The molecule has 8 nitrogen and oxygen atoms in total. The molecule has 1 aliphatic heterocycles. The lowest BCUT2D eigenvalue weighted by Crippen LogP contribution is -2.47. The van der Waals surface area contributed by atoms with Gasteiger partial charge >= 0.3 is 7.82 Å². The molecule has 1 rings (SSSR count). The largest absolute Gasteiger partial charge is 0.474 e. The van der Waals surface area contributed by atoms with Gasteiger partial charge in [0.15, 0.2) is 0 Å². The zero-order chi connectivity index (χ0) is 47.0. The van der Waals surface area contributed by atoms with Crippen LogP contribution in [0.1, 0.15) is 266 Å². The fourth-order valence-electron chi connectivity index (χ4n) is 9.83. The Morgan fingerprint density at radius 3 is 0.846 bits per heavy atom. The van der Waals surface area contributed by atoms with Gasteiger partial charge in [0.05, 0.1) is 19.8 Å². The zero-order valence-corrected chi connectivity index (χ0v) is 45.8. The van der Waals surface area contributed by atoms with Crippen molar-refractivity contribution in [3.8, 4) is 0 Å². The minimum absolute atomic E-state index is 0.328. The lowest BCUT2D eigenvalue weighted by atomic mass is 10.1. The van der Waals surface area contributed by atoms with Gasteiger partial charge in [0.2, 0.25) is 0 Å². The predicted molar refractivity (Wildman–Crippen MR) is 286 cm³/mol. The first-order valence-corrected chi connectivity index (χ1v) is 30.9. The molecule has 1 fully saturated rings. The highest BCUT2D eigenvalue weighted by Crippen LogP contribution is 2.49. The lowest BCUT2D eigenvalue weighted by Gasteiger charge is -2.35. The van der Waals surface area contributed by atoms with Crippen LogP contribution in [0.3, 0.4) is 0 Å². The number of hydrogen-bond acceptors (Lipinski definition) is 8. The molecule has 0 aliphatic carbocycles. The average Bonchev–Trinajstić information content (AvgIpc) is 3.30. The Balaban J connectivity index is 2.44. The highest BCUT2D eigenvalue weighted by Gasteiger charge is 2.25. The summed E-state index contributed by atoms with van der Waals surface area (Å²) in [5.41, 5.74) is 0. The van der Waals surface area contributed by atoms with Crippen molar-refractivity contribution in [1.82, 2.24) is 19.6 Å². The summed E-state index contributed by atoms with van der Waals surface area (Å²) in [5.74, 6) is 0. The number of phosphoric ester groups is 1. The van der Waals surface area contributed by atoms with Crippen LogP contribution in [0.25, 0.3) is 0 Å². The third-order valence-corrected chi connectivity index (χ3v) is 15.7. The first-order valence-electron chi connectivity index (χ1n) is 29.4. The highest BCUT2D eigenvalue weighted by atomic mass is 31.2. The molecule has 65 heavy (non-hydrogen) atoms. The van der Waals surface area contributed by atoms with E-state index in [1.807, 2.05) is 13.8 Å². The molecular weight excluding hydrogens is 824 g/mol. The molecule has 1 heterocycles. The molecule has 0 bridgehead atoms. The average molecular weight is 942 g/mol. The van der Waals surface area contributed by atoms with Crippen LogP contribution >= 0.6 is 7.82 Å². The van der Waals surface area contributed by atoms with Crippen LogP contribution in [0.15, 0.2) is 0 Å². The van der Waals surface area contributed by atoms with Crippen molar-refractivity contribution < 1.29 is 18.1 Å². The summed E-state index contributed by atoms with van der Waals surface area (Å²) in [5, 5.41) is 0. The quantitative estimate of drug-likeness (QED) is 0.0442. The Morgan fingerprint density at radius 2 is 0.569 bits per heavy atom. The van der Waals surface area contributed by atoms with Gasteiger partial charge in [-0.1, -0.05) is 213 Å². The number of rotatable bonds is 53. The van der Waals surface area contributed by atoms with Crippen molar-refractivity contribution in [3.63, 3.8) is 0 Å². The second-order valence-electron chi connectivity index (χ2n) is 20.1. The zero-order valence-electron chi connectivity index (χ0n) is 44.9. The topological polar surface area (TPSA) is 57.7 Å². The van der Waals surface area contributed by atoms with Crippen LogP contribution in [0.4, 0.5) is 0 Å². The van der Waals surface area contributed by atoms with Crippen LogP contribution in [-0.4, -0.2) is 118 Å². The summed E-state index contributed by atoms with van der Waals surface area (Å²) < 4.78 is 29.2. The first kappa shape index (κ1) is 63.0. The molecule has 0 amide bonds. The molecule has 390 valence electrons. The third kappa shape index (κ3) is 41.4. The van der Waals surface area contributed by atoms with Gasteiger partial charge in [0, 0.05) is 32.7 Å². The van der Waals surface area contributed by atoms with E-state index < -0.39 is 7.82 Å². The summed E-state index contributed by atoms with van der Waals surface area (Å²) in [4.78, 5) is 11.0. The maximum absolute atomic E-state index is 12.8. The fourth-order valence-corrected chi connectivity index (χ4v) is 11.0. The van der Waals surface area contributed by atoms with Gasteiger partial charge in [-0.15, -0.1) is 0 Å². The van der Waals surface area contributed by atoms with E-state index in [1.54, 1.807) is 0 Å². The van der Waals surface area contributed by atoms with Crippen LogP contribution in [0.2, 0.25) is 0 Å². The molecule has 1 saturated heterocycles. The number of nitrogens with zero attached hydrogens (tertiary/aromatic N) is 4. The molecule has 0 saturated carbocycles. The fraction of sp³-hybridized carbons (Fsp3) is 1.00. The van der Waals surface area contributed by atoms with E-state index in [9.17, 15) is 4.57 Å². The summed E-state index contributed by atoms with van der Waals surface area (Å²) in [6.07, 6.45) is 50.0. The smallest absolute Gasteiger partial charge is 0.303 e. The van der Waals surface area contributed by atoms with E-state index in [2.05, 4.69) is 40.4 Å². The van der Waals surface area contributed by atoms with Crippen LogP contribution in [-0.2, 0) is 18.1 Å². The maximum Gasteiger partial charge on any atom is 0.474 e. The molecule has 0 atom stereocenters. The van der Waals surface area contributed by atoms with Gasteiger partial charge in [-0.25, -0.2) is 4.57 Å². The minimum Gasteiger partial charge on any atom is -0.303 e. The Labute approximate surface area is 408 Å².